The Morgan fingerprint density at radius 3 is 2.35 bits per heavy atom. The molecular weight excluding hydrogens is 412 g/mol. The second-order valence-corrected chi connectivity index (χ2v) is 14.3. The Bertz CT molecular complexity index is 823. The molecule has 0 radical (unpaired) electrons. The molecule has 8 heteroatoms. The maximum absolute atomic E-state index is 12.5. The van der Waals surface area contributed by atoms with Gasteiger partial charge in [0.05, 0.1) is 12.7 Å². The van der Waals surface area contributed by atoms with E-state index >= 15 is 0 Å². The number of ether oxygens (including phenoxy) is 2. The number of aliphatic hydroxyl groups is 1. The quantitative estimate of drug-likeness (QED) is 0.189. The smallest absolute Gasteiger partial charge is 0.504 e. The lowest BCUT2D eigenvalue weighted by atomic mass is 9.91. The van der Waals surface area contributed by atoms with Crippen LogP contribution in [0.1, 0.15) is 52.5 Å². The number of aliphatic hydroxyl groups excluding tert-OH is 1. The van der Waals surface area contributed by atoms with E-state index in [1.807, 2.05) is 30.3 Å². The summed E-state index contributed by atoms with van der Waals surface area (Å²) in [5.41, 5.74) is 0.561. The van der Waals surface area contributed by atoms with Crippen molar-refractivity contribution in [2.75, 3.05) is 0 Å². The van der Waals surface area contributed by atoms with Gasteiger partial charge in [-0.15, -0.1) is 0 Å². The second kappa shape index (κ2) is 10.4. The first-order valence-electron chi connectivity index (χ1n) is 10.8. The lowest BCUT2D eigenvalue weighted by Gasteiger charge is -2.45. The summed E-state index contributed by atoms with van der Waals surface area (Å²) in [5.74, 6) is -1.28. The predicted molar refractivity (Wildman–Crippen MR) is 121 cm³/mol. The maximum Gasteiger partial charge on any atom is 0.504 e. The van der Waals surface area contributed by atoms with E-state index in [9.17, 15) is 9.90 Å². The van der Waals surface area contributed by atoms with Gasteiger partial charge >= 0.3 is 11.7 Å². The summed E-state index contributed by atoms with van der Waals surface area (Å²) in [4.78, 5) is 15.4. The Hall–Kier alpha value is -2.21. The molecule has 0 bridgehead atoms. The van der Waals surface area contributed by atoms with Crippen LogP contribution in [0.2, 0.25) is 18.1 Å². The number of hydrogen-bond donors (Lipinski definition) is 1. The monoisotopic (exact) mass is 447 g/mol. The molecule has 0 amide bonds. The molecule has 2 rings (SSSR count). The molecule has 31 heavy (non-hydrogen) atoms. The molecule has 1 aromatic carbocycles. The number of benzene rings is 1. The number of rotatable bonds is 7. The van der Waals surface area contributed by atoms with Gasteiger partial charge in [-0.25, -0.2) is 4.79 Å². The number of esters is 1. The minimum absolute atomic E-state index is 0.0316. The summed E-state index contributed by atoms with van der Waals surface area (Å²) in [7, 11) is -2.20. The van der Waals surface area contributed by atoms with E-state index in [1.165, 1.54) is 6.92 Å². The van der Waals surface area contributed by atoms with Crippen molar-refractivity contribution in [1.82, 2.24) is 0 Å². The average Bonchev–Trinajstić information content (AvgIpc) is 2.68. The number of hydrogen-bond acceptors (Lipinski definition) is 6. The number of carbonyl (C=O) groups is 1. The summed E-state index contributed by atoms with van der Waals surface area (Å²) in [6, 6.07) is 9.92. The van der Waals surface area contributed by atoms with Crippen LogP contribution >= 0.6 is 0 Å². The van der Waals surface area contributed by atoms with E-state index < -0.39 is 38.0 Å². The number of allylic oxidation sites excluding steroid dienone is 1. The van der Waals surface area contributed by atoms with Gasteiger partial charge in [0.2, 0.25) is 5.39 Å². The summed E-state index contributed by atoms with van der Waals surface area (Å²) < 4.78 is 18.6. The summed E-state index contributed by atoms with van der Waals surface area (Å²) in [5, 5.41) is 18.7. The Labute approximate surface area is 186 Å². The van der Waals surface area contributed by atoms with Gasteiger partial charge in [-0.3, -0.25) is 0 Å². The molecule has 0 aromatic heterocycles. The molecule has 0 spiro atoms. The first kappa shape index (κ1) is 25.1. The minimum atomic E-state index is -2.20. The largest absolute Gasteiger partial charge is 0.505 e. The molecule has 0 unspecified atom stereocenters. The standard InChI is InChI=1S/C23H34N2O5Si/c1-16(26)20(25-24)22(27)29-19-14-10-13-18(28-15-17-11-8-7-9-12-17)21(19)30-31(5,6)23(2,3)4/h7-9,11-12,18-19,21H,10,13-15H2,1-6H3/p+1/t18-,19-,21+/m1/s1. The molecular formula is C23H35N2O5Si+. The maximum atomic E-state index is 12.5. The molecule has 0 aliphatic heterocycles. The van der Waals surface area contributed by atoms with Crippen molar-refractivity contribution in [3.8, 4) is 0 Å². The highest BCUT2D eigenvalue weighted by Gasteiger charge is 2.46. The van der Waals surface area contributed by atoms with Crippen molar-refractivity contribution < 1.29 is 23.8 Å². The molecule has 0 saturated heterocycles. The zero-order chi connectivity index (χ0) is 23.2. The van der Waals surface area contributed by atoms with Gasteiger partial charge in [-0.2, -0.15) is 0 Å². The minimum Gasteiger partial charge on any atom is -0.505 e. The van der Waals surface area contributed by atoms with Crippen molar-refractivity contribution in [2.24, 2.45) is 0 Å². The van der Waals surface area contributed by atoms with E-state index in [-0.39, 0.29) is 11.1 Å². The van der Waals surface area contributed by atoms with Crippen molar-refractivity contribution in [3.05, 3.63) is 52.3 Å². The third-order valence-electron chi connectivity index (χ3n) is 6.15. The topological polar surface area (TPSA) is 93.1 Å². The van der Waals surface area contributed by atoms with Gasteiger partial charge in [0.25, 0.3) is 0 Å². The van der Waals surface area contributed by atoms with Crippen LogP contribution in [0.4, 0.5) is 0 Å². The molecule has 1 aliphatic carbocycles. The second-order valence-electron chi connectivity index (χ2n) is 9.59. The van der Waals surface area contributed by atoms with Crippen molar-refractivity contribution in [1.29, 1.82) is 5.39 Å². The number of carbonyl (C=O) groups excluding carboxylic acids is 1. The Morgan fingerprint density at radius 1 is 1.19 bits per heavy atom. The first-order chi connectivity index (χ1) is 14.5. The molecule has 1 aromatic rings. The lowest BCUT2D eigenvalue weighted by Crippen LogP contribution is -2.54. The van der Waals surface area contributed by atoms with Crippen LogP contribution in [0, 0.1) is 5.39 Å². The van der Waals surface area contributed by atoms with Gasteiger partial charge in [0.15, 0.2) is 19.1 Å². The zero-order valence-corrected chi connectivity index (χ0v) is 20.4. The molecule has 0 heterocycles. The third-order valence-corrected chi connectivity index (χ3v) is 10.6. The fourth-order valence-electron chi connectivity index (χ4n) is 3.29. The van der Waals surface area contributed by atoms with Crippen LogP contribution in [0.25, 0.3) is 4.98 Å². The van der Waals surface area contributed by atoms with Gasteiger partial charge in [-0.1, -0.05) is 51.1 Å². The molecule has 170 valence electrons. The van der Waals surface area contributed by atoms with Crippen LogP contribution in [0.3, 0.4) is 0 Å². The van der Waals surface area contributed by atoms with Crippen molar-refractivity contribution in [2.45, 2.75) is 90.0 Å². The average molecular weight is 448 g/mol. The SMILES string of the molecule is C/C(O)=C(\[N+]#N)C(=O)O[C@@H]1CCC[C@@H](OCc2ccccc2)[C@@H]1O[Si](C)(C)C(C)(C)C. The van der Waals surface area contributed by atoms with Gasteiger partial charge in [-0.05, 0) is 43.0 Å². The third kappa shape index (κ3) is 6.63. The van der Waals surface area contributed by atoms with Crippen LogP contribution in [0.15, 0.2) is 41.8 Å². The van der Waals surface area contributed by atoms with E-state index in [2.05, 4.69) is 38.8 Å². The molecule has 1 N–H and O–H groups in total. The lowest BCUT2D eigenvalue weighted by molar-refractivity contribution is -0.163. The number of nitrogens with zero attached hydrogens (tertiary/aromatic N) is 2. The Kier molecular flexibility index (Phi) is 8.40. The molecule has 1 saturated carbocycles. The van der Waals surface area contributed by atoms with E-state index in [0.717, 1.165) is 18.4 Å². The van der Waals surface area contributed by atoms with E-state index in [1.54, 1.807) is 0 Å². The summed E-state index contributed by atoms with van der Waals surface area (Å²) in [6.07, 6.45) is 0.969. The fraction of sp³-hybridized carbons (Fsp3) is 0.609. The zero-order valence-electron chi connectivity index (χ0n) is 19.4. The van der Waals surface area contributed by atoms with Crippen molar-refractivity contribution >= 4 is 14.3 Å². The van der Waals surface area contributed by atoms with Gasteiger partial charge in [0, 0.05) is 6.92 Å². The Balaban J connectivity index is 2.26. The van der Waals surface area contributed by atoms with Crippen LogP contribution in [-0.4, -0.2) is 37.7 Å². The molecule has 3 atom stereocenters. The fourth-order valence-corrected chi connectivity index (χ4v) is 4.63. The molecule has 7 nitrogen and oxygen atoms in total. The highest BCUT2D eigenvalue weighted by molar-refractivity contribution is 6.74. The predicted octanol–water partition coefficient (Wildman–Crippen LogP) is 5.70. The highest BCUT2D eigenvalue weighted by Crippen LogP contribution is 2.40. The molecule has 1 aliphatic rings. The van der Waals surface area contributed by atoms with Crippen molar-refractivity contribution in [3.63, 3.8) is 0 Å². The normalized spacial score (nSPS) is 22.9. The first-order valence-corrected chi connectivity index (χ1v) is 13.7. The number of diazo groups is 1. The van der Waals surface area contributed by atoms with Crippen LogP contribution < -0.4 is 0 Å². The van der Waals surface area contributed by atoms with Gasteiger partial charge < -0.3 is 19.0 Å². The van der Waals surface area contributed by atoms with Crippen LogP contribution in [-0.2, 0) is 25.3 Å². The van der Waals surface area contributed by atoms with Gasteiger partial charge in [0.1, 0.15) is 12.2 Å². The van der Waals surface area contributed by atoms with E-state index in [0.29, 0.717) is 13.0 Å². The highest BCUT2D eigenvalue weighted by atomic mass is 28.4. The van der Waals surface area contributed by atoms with Crippen LogP contribution in [0.5, 0.6) is 0 Å². The van der Waals surface area contributed by atoms with E-state index in [4.69, 9.17) is 19.3 Å². The summed E-state index contributed by atoms with van der Waals surface area (Å²) in [6.45, 7) is 12.5. The Morgan fingerprint density at radius 2 is 1.81 bits per heavy atom. The summed E-state index contributed by atoms with van der Waals surface area (Å²) >= 11 is 0. The molecule has 1 fully saturated rings.